The van der Waals surface area contributed by atoms with E-state index in [0.29, 0.717) is 17.3 Å². The van der Waals surface area contributed by atoms with Gasteiger partial charge in [0.05, 0.1) is 11.1 Å². The van der Waals surface area contributed by atoms with Gasteiger partial charge in [-0.2, -0.15) is 0 Å². The number of hydrogen-bond acceptors (Lipinski definition) is 6. The quantitative estimate of drug-likeness (QED) is 0.673. The van der Waals surface area contributed by atoms with Gasteiger partial charge in [0.15, 0.2) is 5.82 Å². The van der Waals surface area contributed by atoms with Gasteiger partial charge in [-0.25, -0.2) is 9.67 Å². The molecule has 0 radical (unpaired) electrons. The zero-order valence-corrected chi connectivity index (χ0v) is 15.1. The number of anilines is 1. The fourth-order valence-corrected chi connectivity index (χ4v) is 3.31. The monoisotopic (exact) mass is 366 g/mol. The Morgan fingerprint density at radius 3 is 3.00 bits per heavy atom. The molecular weight excluding hydrogens is 348 g/mol. The first kappa shape index (κ1) is 16.7. The highest BCUT2D eigenvalue weighted by Crippen LogP contribution is 2.36. The van der Waals surface area contributed by atoms with Crippen molar-refractivity contribution in [2.45, 2.75) is 30.8 Å². The summed E-state index contributed by atoms with van der Waals surface area (Å²) in [7, 11) is 0. The fourth-order valence-electron chi connectivity index (χ4n) is 2.67. The van der Waals surface area contributed by atoms with Crippen molar-refractivity contribution in [2.24, 2.45) is 0 Å². The van der Waals surface area contributed by atoms with Crippen LogP contribution in [0.1, 0.15) is 36.2 Å². The summed E-state index contributed by atoms with van der Waals surface area (Å²) < 4.78 is 1.86. The van der Waals surface area contributed by atoms with E-state index in [1.54, 1.807) is 30.1 Å². The van der Waals surface area contributed by atoms with Crippen molar-refractivity contribution in [3.8, 4) is 11.4 Å². The molecule has 0 saturated heterocycles. The Labute approximate surface area is 155 Å². The second-order valence-corrected chi connectivity index (χ2v) is 7.31. The Morgan fingerprint density at radius 2 is 2.19 bits per heavy atom. The molecule has 1 saturated carbocycles. The van der Waals surface area contributed by atoms with Crippen LogP contribution in [0.5, 0.6) is 0 Å². The summed E-state index contributed by atoms with van der Waals surface area (Å²) in [6.07, 6.45) is 3.87. The molecule has 26 heavy (non-hydrogen) atoms. The molecule has 4 rings (SSSR count). The third kappa shape index (κ3) is 3.60. The average Bonchev–Trinajstić information content (AvgIpc) is 3.39. The predicted octanol–water partition coefficient (Wildman–Crippen LogP) is 3.43. The smallest absolute Gasteiger partial charge is 0.255 e. The van der Waals surface area contributed by atoms with Gasteiger partial charge >= 0.3 is 0 Å². The number of pyridine rings is 1. The number of thioether (sulfide) groups is 1. The summed E-state index contributed by atoms with van der Waals surface area (Å²) in [5, 5.41) is 15.8. The Kier molecular flexibility index (Phi) is 4.66. The second-order valence-electron chi connectivity index (χ2n) is 6.03. The standard InChI is InChI=1S/C18H18N6OS/c1-2-26-16-11-13(8-9-19-16)18(25)20-14-5-3-4-12(10-14)17-21-22-23-24(17)15-6-7-15/h3-5,8-11,15H,2,6-7H2,1H3,(H,20,25). The molecular formula is C18H18N6OS. The maximum absolute atomic E-state index is 12.6. The number of benzene rings is 1. The van der Waals surface area contributed by atoms with Crippen LogP contribution in [-0.2, 0) is 0 Å². The number of carbonyl (C=O) groups excluding carboxylic acids is 1. The van der Waals surface area contributed by atoms with Gasteiger partial charge in [-0.05, 0) is 53.3 Å². The van der Waals surface area contributed by atoms with E-state index in [0.717, 1.165) is 35.0 Å². The van der Waals surface area contributed by atoms with E-state index in [-0.39, 0.29) is 5.91 Å². The highest BCUT2D eigenvalue weighted by atomic mass is 32.2. The lowest BCUT2D eigenvalue weighted by Crippen LogP contribution is -2.12. The average molecular weight is 366 g/mol. The fraction of sp³-hybridized carbons (Fsp3) is 0.278. The Morgan fingerprint density at radius 1 is 1.31 bits per heavy atom. The number of tetrazole rings is 1. The number of nitrogens with zero attached hydrogens (tertiary/aromatic N) is 5. The Balaban J connectivity index is 1.54. The van der Waals surface area contributed by atoms with Crippen LogP contribution in [-0.4, -0.2) is 36.9 Å². The lowest BCUT2D eigenvalue weighted by molar-refractivity contribution is 0.102. The maximum atomic E-state index is 12.6. The van der Waals surface area contributed by atoms with Crippen LogP contribution in [0.3, 0.4) is 0 Å². The molecule has 0 bridgehead atoms. The minimum atomic E-state index is -0.163. The zero-order chi connectivity index (χ0) is 17.9. The van der Waals surface area contributed by atoms with Crippen molar-refractivity contribution >= 4 is 23.4 Å². The van der Waals surface area contributed by atoms with Crippen molar-refractivity contribution < 1.29 is 4.79 Å². The molecule has 1 aliphatic rings. The largest absolute Gasteiger partial charge is 0.322 e. The lowest BCUT2D eigenvalue weighted by atomic mass is 10.1. The molecule has 1 fully saturated rings. The van der Waals surface area contributed by atoms with Gasteiger partial charge < -0.3 is 5.32 Å². The number of carbonyl (C=O) groups is 1. The summed E-state index contributed by atoms with van der Waals surface area (Å²) in [5.74, 6) is 1.48. The molecule has 132 valence electrons. The van der Waals surface area contributed by atoms with Crippen LogP contribution < -0.4 is 5.32 Å². The van der Waals surface area contributed by atoms with Gasteiger partial charge in [0.25, 0.3) is 5.91 Å². The van der Waals surface area contributed by atoms with E-state index in [4.69, 9.17) is 0 Å². The van der Waals surface area contributed by atoms with Gasteiger partial charge in [-0.1, -0.05) is 19.1 Å². The van der Waals surface area contributed by atoms with Crippen LogP contribution in [0.15, 0.2) is 47.6 Å². The van der Waals surface area contributed by atoms with Crippen molar-refractivity contribution in [3.63, 3.8) is 0 Å². The van der Waals surface area contributed by atoms with Crippen LogP contribution >= 0.6 is 11.8 Å². The van der Waals surface area contributed by atoms with Crippen molar-refractivity contribution in [1.82, 2.24) is 25.2 Å². The molecule has 2 aromatic heterocycles. The molecule has 0 atom stereocenters. The van der Waals surface area contributed by atoms with E-state index in [9.17, 15) is 4.79 Å². The predicted molar refractivity (Wildman–Crippen MR) is 100 cm³/mol. The molecule has 2 heterocycles. The molecule has 7 nitrogen and oxygen atoms in total. The summed E-state index contributed by atoms with van der Waals surface area (Å²) >= 11 is 1.61. The topological polar surface area (TPSA) is 85.6 Å². The number of hydrogen-bond donors (Lipinski definition) is 1. The van der Waals surface area contributed by atoms with E-state index >= 15 is 0 Å². The second kappa shape index (κ2) is 7.25. The first-order chi connectivity index (χ1) is 12.7. The van der Waals surface area contributed by atoms with Gasteiger partial charge in [0.1, 0.15) is 0 Å². The first-order valence-electron chi connectivity index (χ1n) is 8.53. The van der Waals surface area contributed by atoms with Crippen molar-refractivity contribution in [1.29, 1.82) is 0 Å². The van der Waals surface area contributed by atoms with Crippen LogP contribution in [0.4, 0.5) is 5.69 Å². The Hall–Kier alpha value is -2.74. The lowest BCUT2D eigenvalue weighted by Gasteiger charge is -2.08. The van der Waals surface area contributed by atoms with Gasteiger partial charge in [-0.3, -0.25) is 4.79 Å². The molecule has 3 aromatic rings. The summed E-state index contributed by atoms with van der Waals surface area (Å²) in [6, 6.07) is 11.5. The van der Waals surface area contributed by atoms with Crippen molar-refractivity contribution in [3.05, 3.63) is 48.2 Å². The zero-order valence-electron chi connectivity index (χ0n) is 14.3. The molecule has 0 unspecified atom stereocenters. The minimum Gasteiger partial charge on any atom is -0.322 e. The number of nitrogens with one attached hydrogen (secondary N) is 1. The molecule has 8 heteroatoms. The summed E-state index contributed by atoms with van der Waals surface area (Å²) in [6.45, 7) is 2.06. The molecule has 0 aliphatic heterocycles. The third-order valence-corrected chi connectivity index (χ3v) is 4.86. The molecule has 1 amide bonds. The van der Waals surface area contributed by atoms with Gasteiger partial charge in [0.2, 0.25) is 0 Å². The van der Waals surface area contributed by atoms with Crippen LogP contribution in [0.25, 0.3) is 11.4 Å². The number of amides is 1. The highest BCUT2D eigenvalue weighted by molar-refractivity contribution is 7.99. The van der Waals surface area contributed by atoms with E-state index in [2.05, 4.69) is 32.7 Å². The van der Waals surface area contributed by atoms with E-state index in [1.165, 1.54) is 0 Å². The van der Waals surface area contributed by atoms with Gasteiger partial charge in [-0.15, -0.1) is 16.9 Å². The molecule has 1 aromatic carbocycles. The molecule has 1 N–H and O–H groups in total. The third-order valence-electron chi connectivity index (χ3n) is 4.05. The van der Waals surface area contributed by atoms with E-state index < -0.39 is 0 Å². The van der Waals surface area contributed by atoms with Crippen molar-refractivity contribution in [2.75, 3.05) is 11.1 Å². The number of rotatable bonds is 6. The maximum Gasteiger partial charge on any atom is 0.255 e. The number of aromatic nitrogens is 5. The SMILES string of the molecule is CCSc1cc(C(=O)Nc2cccc(-c3nnnn3C3CC3)c2)ccn1. The summed E-state index contributed by atoms with van der Waals surface area (Å²) in [5.41, 5.74) is 2.18. The summed E-state index contributed by atoms with van der Waals surface area (Å²) in [4.78, 5) is 16.8. The van der Waals surface area contributed by atoms with Crippen LogP contribution in [0.2, 0.25) is 0 Å². The normalized spacial score (nSPS) is 13.6. The Bertz CT molecular complexity index is 937. The first-order valence-corrected chi connectivity index (χ1v) is 9.51. The molecule has 0 spiro atoms. The highest BCUT2D eigenvalue weighted by Gasteiger charge is 2.28. The van der Waals surface area contributed by atoms with E-state index in [1.807, 2.05) is 28.9 Å². The minimum absolute atomic E-state index is 0.163. The molecule has 1 aliphatic carbocycles. The van der Waals surface area contributed by atoms with Gasteiger partial charge in [0, 0.05) is 23.0 Å². The van der Waals surface area contributed by atoms with Crippen LogP contribution in [0, 0.1) is 0 Å².